The van der Waals surface area contributed by atoms with E-state index in [1.807, 2.05) is 17.0 Å². The van der Waals surface area contributed by atoms with Gasteiger partial charge in [0.15, 0.2) is 0 Å². The standard InChI is InChI=1S/C16H23NO2S/c1-12-6-3-4-8-15(12)20-11-16(19)17-9-5-7-14(17)10-13(2)18/h3-4,6,8,13-14,18H,5,7,9-11H2,1-2H3. The third kappa shape index (κ3) is 4.00. The molecule has 0 aliphatic carbocycles. The van der Waals surface area contributed by atoms with Crippen LogP contribution in [0.3, 0.4) is 0 Å². The summed E-state index contributed by atoms with van der Waals surface area (Å²) in [5, 5.41) is 9.51. The number of rotatable bonds is 5. The van der Waals surface area contributed by atoms with E-state index in [1.54, 1.807) is 18.7 Å². The topological polar surface area (TPSA) is 40.5 Å². The number of nitrogens with zero attached hydrogens (tertiary/aromatic N) is 1. The zero-order valence-corrected chi connectivity index (χ0v) is 13.0. The first-order valence-corrected chi connectivity index (χ1v) is 8.22. The van der Waals surface area contributed by atoms with Crippen LogP contribution in [0.4, 0.5) is 0 Å². The minimum atomic E-state index is -0.336. The van der Waals surface area contributed by atoms with E-state index in [0.717, 1.165) is 19.4 Å². The highest BCUT2D eigenvalue weighted by Gasteiger charge is 2.29. The number of aryl methyl sites for hydroxylation is 1. The van der Waals surface area contributed by atoms with Crippen LogP contribution in [0.5, 0.6) is 0 Å². The molecule has 1 amide bonds. The molecule has 1 aliphatic heterocycles. The normalized spacial score (nSPS) is 20.1. The maximum Gasteiger partial charge on any atom is 0.233 e. The molecule has 1 aliphatic rings. The van der Waals surface area contributed by atoms with Gasteiger partial charge in [0.05, 0.1) is 11.9 Å². The van der Waals surface area contributed by atoms with Gasteiger partial charge < -0.3 is 10.0 Å². The number of aliphatic hydroxyl groups is 1. The summed E-state index contributed by atoms with van der Waals surface area (Å²) in [7, 11) is 0. The average molecular weight is 293 g/mol. The number of carbonyl (C=O) groups excluding carboxylic acids is 1. The van der Waals surface area contributed by atoms with Gasteiger partial charge in [-0.2, -0.15) is 0 Å². The summed E-state index contributed by atoms with van der Waals surface area (Å²) >= 11 is 1.61. The lowest BCUT2D eigenvalue weighted by Crippen LogP contribution is -2.38. The Kier molecular flexibility index (Phi) is 5.49. The third-order valence-electron chi connectivity index (χ3n) is 3.76. The molecule has 0 bridgehead atoms. The minimum Gasteiger partial charge on any atom is -0.393 e. The molecule has 1 N–H and O–H groups in total. The predicted octanol–water partition coefficient (Wildman–Crippen LogP) is 2.85. The van der Waals surface area contributed by atoms with Gasteiger partial charge in [-0.1, -0.05) is 18.2 Å². The molecule has 1 aromatic carbocycles. The average Bonchev–Trinajstić information content (AvgIpc) is 2.85. The zero-order chi connectivity index (χ0) is 14.5. The number of aliphatic hydroxyl groups excluding tert-OH is 1. The van der Waals surface area contributed by atoms with Crippen LogP contribution in [0.1, 0.15) is 31.7 Å². The van der Waals surface area contributed by atoms with Gasteiger partial charge in [0.2, 0.25) is 5.91 Å². The zero-order valence-electron chi connectivity index (χ0n) is 12.2. The van der Waals surface area contributed by atoms with E-state index >= 15 is 0 Å². The van der Waals surface area contributed by atoms with Crippen molar-refractivity contribution < 1.29 is 9.90 Å². The van der Waals surface area contributed by atoms with Gasteiger partial charge in [-0.3, -0.25) is 4.79 Å². The molecule has 110 valence electrons. The van der Waals surface area contributed by atoms with Crippen LogP contribution in [0, 0.1) is 6.92 Å². The molecule has 1 fully saturated rings. The summed E-state index contributed by atoms with van der Waals surface area (Å²) in [6.45, 7) is 4.70. The summed E-state index contributed by atoms with van der Waals surface area (Å²) in [6.07, 6.45) is 2.43. The Bertz CT molecular complexity index is 462. The van der Waals surface area contributed by atoms with Crippen molar-refractivity contribution in [2.45, 2.75) is 50.2 Å². The van der Waals surface area contributed by atoms with Crippen LogP contribution < -0.4 is 0 Å². The molecule has 2 atom stereocenters. The second-order valence-electron chi connectivity index (χ2n) is 5.52. The summed E-state index contributed by atoms with van der Waals surface area (Å²) in [6, 6.07) is 8.37. The number of hydrogen-bond donors (Lipinski definition) is 1. The summed E-state index contributed by atoms with van der Waals surface area (Å²) in [5.41, 5.74) is 1.22. The van der Waals surface area contributed by atoms with E-state index in [2.05, 4.69) is 19.1 Å². The van der Waals surface area contributed by atoms with Gasteiger partial charge in [-0.05, 0) is 44.7 Å². The van der Waals surface area contributed by atoms with E-state index < -0.39 is 0 Å². The molecule has 20 heavy (non-hydrogen) atoms. The number of carbonyl (C=O) groups is 1. The van der Waals surface area contributed by atoms with E-state index in [1.165, 1.54) is 10.5 Å². The number of hydrogen-bond acceptors (Lipinski definition) is 3. The number of thioether (sulfide) groups is 1. The number of amides is 1. The van der Waals surface area contributed by atoms with Gasteiger partial charge in [-0.15, -0.1) is 11.8 Å². The number of benzene rings is 1. The SMILES string of the molecule is Cc1ccccc1SCC(=O)N1CCCC1CC(C)O. The Labute approximate surface area is 125 Å². The van der Waals surface area contributed by atoms with Crippen molar-refractivity contribution in [3.63, 3.8) is 0 Å². The van der Waals surface area contributed by atoms with Crippen molar-refractivity contribution in [3.8, 4) is 0 Å². The fraction of sp³-hybridized carbons (Fsp3) is 0.562. The van der Waals surface area contributed by atoms with Gasteiger partial charge in [0.1, 0.15) is 0 Å². The van der Waals surface area contributed by atoms with Crippen LogP contribution in [0.15, 0.2) is 29.2 Å². The van der Waals surface area contributed by atoms with Crippen molar-refractivity contribution in [3.05, 3.63) is 29.8 Å². The summed E-state index contributed by atoms with van der Waals surface area (Å²) < 4.78 is 0. The largest absolute Gasteiger partial charge is 0.393 e. The van der Waals surface area contributed by atoms with Crippen molar-refractivity contribution in [1.82, 2.24) is 4.90 Å². The Hall–Kier alpha value is -1.00. The van der Waals surface area contributed by atoms with Crippen molar-refractivity contribution in [1.29, 1.82) is 0 Å². The molecule has 1 saturated heterocycles. The molecular weight excluding hydrogens is 270 g/mol. The van der Waals surface area contributed by atoms with Crippen molar-refractivity contribution >= 4 is 17.7 Å². The lowest BCUT2D eigenvalue weighted by atomic mass is 10.1. The second-order valence-corrected chi connectivity index (χ2v) is 6.54. The van der Waals surface area contributed by atoms with Crippen molar-refractivity contribution in [2.24, 2.45) is 0 Å². The molecule has 0 radical (unpaired) electrons. The Morgan fingerprint density at radius 2 is 2.25 bits per heavy atom. The predicted molar refractivity (Wildman–Crippen MR) is 82.9 cm³/mol. The highest BCUT2D eigenvalue weighted by atomic mass is 32.2. The highest BCUT2D eigenvalue weighted by Crippen LogP contribution is 2.26. The smallest absolute Gasteiger partial charge is 0.233 e. The molecular formula is C16H23NO2S. The lowest BCUT2D eigenvalue weighted by Gasteiger charge is -2.25. The molecule has 0 spiro atoms. The van der Waals surface area contributed by atoms with E-state index in [0.29, 0.717) is 12.2 Å². The molecule has 2 rings (SSSR count). The number of likely N-dealkylation sites (tertiary alicyclic amines) is 1. The molecule has 0 aromatic heterocycles. The molecule has 1 aromatic rings. The first-order chi connectivity index (χ1) is 9.58. The molecule has 1 heterocycles. The van der Waals surface area contributed by atoms with Gasteiger partial charge >= 0.3 is 0 Å². The Morgan fingerprint density at radius 3 is 2.95 bits per heavy atom. The maximum atomic E-state index is 12.3. The fourth-order valence-electron chi connectivity index (χ4n) is 2.74. The first kappa shape index (κ1) is 15.4. The van der Waals surface area contributed by atoms with Crippen LogP contribution in [0.2, 0.25) is 0 Å². The van der Waals surface area contributed by atoms with Crippen LogP contribution >= 0.6 is 11.8 Å². The van der Waals surface area contributed by atoms with E-state index in [9.17, 15) is 9.90 Å². The Morgan fingerprint density at radius 1 is 1.50 bits per heavy atom. The highest BCUT2D eigenvalue weighted by molar-refractivity contribution is 8.00. The second kappa shape index (κ2) is 7.14. The third-order valence-corrected chi connectivity index (χ3v) is 4.92. The molecule has 0 saturated carbocycles. The maximum absolute atomic E-state index is 12.3. The Balaban J connectivity index is 1.90. The lowest BCUT2D eigenvalue weighted by molar-refractivity contribution is -0.129. The molecule has 2 unspecified atom stereocenters. The quantitative estimate of drug-likeness (QED) is 0.849. The molecule has 3 nitrogen and oxygen atoms in total. The van der Waals surface area contributed by atoms with Crippen LogP contribution in [0.25, 0.3) is 0 Å². The van der Waals surface area contributed by atoms with E-state index in [4.69, 9.17) is 0 Å². The summed E-state index contributed by atoms with van der Waals surface area (Å²) in [4.78, 5) is 15.5. The summed E-state index contributed by atoms with van der Waals surface area (Å²) in [5.74, 6) is 0.683. The monoisotopic (exact) mass is 293 g/mol. The van der Waals surface area contributed by atoms with Crippen LogP contribution in [-0.2, 0) is 4.79 Å². The van der Waals surface area contributed by atoms with Crippen molar-refractivity contribution in [2.75, 3.05) is 12.3 Å². The van der Waals surface area contributed by atoms with Crippen LogP contribution in [-0.4, -0.2) is 40.4 Å². The van der Waals surface area contributed by atoms with Gasteiger partial charge in [0, 0.05) is 17.5 Å². The molecule has 4 heteroatoms. The van der Waals surface area contributed by atoms with Gasteiger partial charge in [0.25, 0.3) is 0 Å². The van der Waals surface area contributed by atoms with Gasteiger partial charge in [-0.25, -0.2) is 0 Å². The fourth-order valence-corrected chi connectivity index (χ4v) is 3.66. The first-order valence-electron chi connectivity index (χ1n) is 7.24. The van der Waals surface area contributed by atoms with E-state index in [-0.39, 0.29) is 18.1 Å². The minimum absolute atomic E-state index is 0.196.